The second kappa shape index (κ2) is 8.47. The van der Waals surface area contributed by atoms with Gasteiger partial charge in [0.15, 0.2) is 0 Å². The van der Waals surface area contributed by atoms with E-state index < -0.39 is 17.3 Å². The summed E-state index contributed by atoms with van der Waals surface area (Å²) in [5.41, 5.74) is 1.57. The average molecular weight is 421 g/mol. The van der Waals surface area contributed by atoms with Gasteiger partial charge in [-0.15, -0.1) is 0 Å². The van der Waals surface area contributed by atoms with Gasteiger partial charge in [0.1, 0.15) is 17.7 Å². The van der Waals surface area contributed by atoms with Crippen molar-refractivity contribution in [2.24, 2.45) is 0 Å². The number of anilines is 1. The van der Waals surface area contributed by atoms with Crippen LogP contribution in [0.15, 0.2) is 54.0 Å². The monoisotopic (exact) mass is 421 g/mol. The van der Waals surface area contributed by atoms with E-state index in [1.54, 1.807) is 18.0 Å². The maximum absolute atomic E-state index is 13.4. The molecule has 0 fully saturated rings. The van der Waals surface area contributed by atoms with Crippen molar-refractivity contribution in [1.82, 2.24) is 19.4 Å². The smallest absolute Gasteiger partial charge is 0.268 e. The third kappa shape index (κ3) is 4.07. The third-order valence-electron chi connectivity index (χ3n) is 5.21. The fraction of sp³-hybridized carbons (Fsp3) is 0.227. The van der Waals surface area contributed by atoms with Gasteiger partial charge in [-0.3, -0.25) is 19.0 Å². The number of hydrogen-bond donors (Lipinski definition) is 1. The van der Waals surface area contributed by atoms with Crippen molar-refractivity contribution < 1.29 is 14.0 Å². The molecular weight excluding hydrogens is 401 g/mol. The van der Waals surface area contributed by atoms with E-state index in [2.05, 4.69) is 15.3 Å². The van der Waals surface area contributed by atoms with E-state index >= 15 is 0 Å². The molecule has 2 amide bonds. The Balaban J connectivity index is 1.83. The lowest BCUT2D eigenvalue weighted by Gasteiger charge is -2.30. The first-order valence-electron chi connectivity index (χ1n) is 9.85. The number of carbonyl (C=O) groups excluding carboxylic acids is 2. The average Bonchev–Trinajstić information content (AvgIpc) is 2.79. The summed E-state index contributed by atoms with van der Waals surface area (Å²) in [7, 11) is 0. The number of benzene rings is 1. The standard InChI is InChI=1S/C22H20FN5O3/c1-2-19(29)27-8-7-18-14(11-27)12-28(17-5-3-15(23)4-6-17)22(31)20(18)21(30)26-16-9-24-13-25-10-16/h3-6,9-10,12-13H,2,7-8,11H2,1H3,(H,26,30). The summed E-state index contributed by atoms with van der Waals surface area (Å²) >= 11 is 0. The largest absolute Gasteiger partial charge is 0.338 e. The predicted molar refractivity (Wildman–Crippen MR) is 111 cm³/mol. The molecule has 0 saturated heterocycles. The highest BCUT2D eigenvalue weighted by molar-refractivity contribution is 6.05. The fourth-order valence-corrected chi connectivity index (χ4v) is 3.68. The number of halogens is 1. The highest BCUT2D eigenvalue weighted by atomic mass is 19.1. The Kier molecular flexibility index (Phi) is 5.57. The van der Waals surface area contributed by atoms with Gasteiger partial charge in [-0.2, -0.15) is 0 Å². The minimum Gasteiger partial charge on any atom is -0.338 e. The van der Waals surface area contributed by atoms with Crippen molar-refractivity contribution >= 4 is 17.5 Å². The van der Waals surface area contributed by atoms with Gasteiger partial charge < -0.3 is 10.2 Å². The molecule has 3 heterocycles. The van der Waals surface area contributed by atoms with E-state index in [4.69, 9.17) is 0 Å². The first kappa shape index (κ1) is 20.4. The molecule has 1 N–H and O–H groups in total. The molecule has 158 valence electrons. The summed E-state index contributed by atoms with van der Waals surface area (Å²) < 4.78 is 14.7. The Morgan fingerprint density at radius 2 is 1.87 bits per heavy atom. The number of pyridine rings is 1. The van der Waals surface area contributed by atoms with E-state index in [-0.39, 0.29) is 18.0 Å². The Hall–Kier alpha value is -3.88. The molecule has 4 rings (SSSR count). The second-order valence-electron chi connectivity index (χ2n) is 7.16. The maximum atomic E-state index is 13.4. The van der Waals surface area contributed by atoms with Crippen LogP contribution in [0.4, 0.5) is 10.1 Å². The van der Waals surface area contributed by atoms with Crippen molar-refractivity contribution in [3.63, 3.8) is 0 Å². The molecule has 0 aliphatic carbocycles. The van der Waals surface area contributed by atoms with Gasteiger partial charge in [-0.1, -0.05) is 6.92 Å². The summed E-state index contributed by atoms with van der Waals surface area (Å²) in [6.07, 6.45) is 6.58. The lowest BCUT2D eigenvalue weighted by atomic mass is 9.95. The van der Waals surface area contributed by atoms with Crippen molar-refractivity contribution in [2.75, 3.05) is 11.9 Å². The van der Waals surface area contributed by atoms with Gasteiger partial charge in [0.25, 0.3) is 11.5 Å². The molecule has 0 radical (unpaired) electrons. The second-order valence-corrected chi connectivity index (χ2v) is 7.16. The summed E-state index contributed by atoms with van der Waals surface area (Å²) in [5.74, 6) is -1.02. The first-order chi connectivity index (χ1) is 15.0. The molecule has 0 atom stereocenters. The van der Waals surface area contributed by atoms with Gasteiger partial charge >= 0.3 is 0 Å². The molecule has 9 heteroatoms. The molecular formula is C22H20FN5O3. The molecule has 1 aliphatic heterocycles. The number of fused-ring (bicyclic) bond motifs is 1. The molecule has 8 nitrogen and oxygen atoms in total. The van der Waals surface area contributed by atoms with Crippen LogP contribution < -0.4 is 10.9 Å². The van der Waals surface area contributed by atoms with Crippen LogP contribution in [0.2, 0.25) is 0 Å². The minimum absolute atomic E-state index is 0.00221. The van der Waals surface area contributed by atoms with E-state index in [0.717, 1.165) is 0 Å². The number of carbonyl (C=O) groups is 2. The quantitative estimate of drug-likeness (QED) is 0.697. The molecule has 0 bridgehead atoms. The van der Waals surface area contributed by atoms with Gasteiger partial charge in [0.05, 0.1) is 18.1 Å². The van der Waals surface area contributed by atoms with Crippen LogP contribution >= 0.6 is 0 Å². The number of nitrogens with zero attached hydrogens (tertiary/aromatic N) is 4. The number of aromatic nitrogens is 3. The predicted octanol–water partition coefficient (Wildman–Crippen LogP) is 2.31. The Morgan fingerprint density at radius 1 is 1.16 bits per heavy atom. The van der Waals surface area contributed by atoms with E-state index in [1.165, 1.54) is 47.6 Å². The van der Waals surface area contributed by atoms with Crippen molar-refractivity contribution in [3.05, 3.63) is 82.0 Å². The van der Waals surface area contributed by atoms with E-state index in [0.29, 0.717) is 41.9 Å². The lowest BCUT2D eigenvalue weighted by Crippen LogP contribution is -2.40. The summed E-state index contributed by atoms with van der Waals surface area (Å²) in [6, 6.07) is 5.42. The zero-order valence-corrected chi connectivity index (χ0v) is 16.8. The number of amides is 2. The Bertz CT molecular complexity index is 1190. The van der Waals surface area contributed by atoms with Crippen LogP contribution in [0.1, 0.15) is 34.8 Å². The molecule has 0 unspecified atom stereocenters. The van der Waals surface area contributed by atoms with Gasteiger partial charge in [-0.05, 0) is 41.8 Å². The third-order valence-corrected chi connectivity index (χ3v) is 5.21. The fourth-order valence-electron chi connectivity index (χ4n) is 3.68. The molecule has 0 saturated carbocycles. The molecule has 1 aromatic carbocycles. The Labute approximate surface area is 177 Å². The van der Waals surface area contributed by atoms with Gasteiger partial charge in [0, 0.05) is 31.4 Å². The zero-order chi connectivity index (χ0) is 22.0. The van der Waals surface area contributed by atoms with Crippen LogP contribution in [0.5, 0.6) is 0 Å². The lowest BCUT2D eigenvalue weighted by molar-refractivity contribution is -0.131. The van der Waals surface area contributed by atoms with Gasteiger partial charge in [0.2, 0.25) is 5.91 Å². The number of hydrogen-bond acceptors (Lipinski definition) is 5. The summed E-state index contributed by atoms with van der Waals surface area (Å²) in [4.78, 5) is 48.1. The van der Waals surface area contributed by atoms with Crippen LogP contribution in [0, 0.1) is 5.82 Å². The Morgan fingerprint density at radius 3 is 2.55 bits per heavy atom. The first-order valence-corrected chi connectivity index (χ1v) is 9.85. The zero-order valence-electron chi connectivity index (χ0n) is 16.8. The highest BCUT2D eigenvalue weighted by Crippen LogP contribution is 2.23. The van der Waals surface area contributed by atoms with E-state index in [9.17, 15) is 18.8 Å². The highest BCUT2D eigenvalue weighted by Gasteiger charge is 2.28. The van der Waals surface area contributed by atoms with Crippen LogP contribution in [0.3, 0.4) is 0 Å². The van der Waals surface area contributed by atoms with E-state index in [1.807, 2.05) is 0 Å². The number of nitrogens with one attached hydrogen (secondary N) is 1. The summed E-state index contributed by atoms with van der Waals surface area (Å²) in [6.45, 7) is 2.50. The van der Waals surface area contributed by atoms with Crippen molar-refractivity contribution in [2.45, 2.75) is 26.3 Å². The van der Waals surface area contributed by atoms with Crippen molar-refractivity contribution in [1.29, 1.82) is 0 Å². The van der Waals surface area contributed by atoms with Crippen LogP contribution in [-0.4, -0.2) is 37.8 Å². The molecule has 31 heavy (non-hydrogen) atoms. The SMILES string of the molecule is CCC(=O)N1CCc2c(cn(-c3ccc(F)cc3)c(=O)c2C(=O)Nc2cncnc2)C1. The maximum Gasteiger partial charge on any atom is 0.268 e. The summed E-state index contributed by atoms with van der Waals surface area (Å²) in [5, 5.41) is 2.66. The minimum atomic E-state index is -0.581. The molecule has 3 aromatic rings. The molecule has 2 aromatic heterocycles. The molecule has 1 aliphatic rings. The normalized spacial score (nSPS) is 12.9. The van der Waals surface area contributed by atoms with Gasteiger partial charge in [-0.25, -0.2) is 14.4 Å². The topological polar surface area (TPSA) is 97.2 Å². The van der Waals surface area contributed by atoms with Crippen molar-refractivity contribution in [3.8, 4) is 5.69 Å². The van der Waals surface area contributed by atoms with Crippen LogP contribution in [-0.2, 0) is 17.8 Å². The number of rotatable bonds is 4. The van der Waals surface area contributed by atoms with Crippen LogP contribution in [0.25, 0.3) is 5.69 Å². The molecule has 0 spiro atoms.